The molecule has 6 aliphatic rings. The number of rotatable bonds is 5. The van der Waals surface area contributed by atoms with Crippen molar-refractivity contribution in [1.29, 1.82) is 0 Å². The van der Waals surface area contributed by atoms with E-state index in [4.69, 9.17) is 4.74 Å². The highest BCUT2D eigenvalue weighted by molar-refractivity contribution is 7.02. The van der Waals surface area contributed by atoms with Crippen LogP contribution < -0.4 is 52.2 Å². The molecule has 4 aliphatic heterocycles. The van der Waals surface area contributed by atoms with Crippen LogP contribution >= 0.6 is 0 Å². The zero-order chi connectivity index (χ0) is 55.7. The Labute approximate surface area is 491 Å². The van der Waals surface area contributed by atoms with Gasteiger partial charge in [-0.3, -0.25) is 0 Å². The van der Waals surface area contributed by atoms with Gasteiger partial charge in [-0.2, -0.15) is 0 Å². The second-order valence-electron chi connectivity index (χ2n) is 24.7. The minimum absolute atomic E-state index is 0.113. The van der Waals surface area contributed by atoms with Gasteiger partial charge in [-0.25, -0.2) is 0 Å². The molecule has 0 amide bonds. The van der Waals surface area contributed by atoms with Crippen molar-refractivity contribution in [3.05, 3.63) is 283 Å². The number of para-hydroxylation sites is 5. The second-order valence-corrected chi connectivity index (χ2v) is 24.7. The number of ether oxygens (including phenoxy) is 1. The van der Waals surface area contributed by atoms with Crippen LogP contribution in [0, 0.1) is 0 Å². The lowest BCUT2D eigenvalue weighted by atomic mass is 9.30. The summed E-state index contributed by atoms with van der Waals surface area (Å²) in [5, 5.41) is 0. The molecule has 12 aromatic carbocycles. The number of fused-ring (bicyclic) bond motifs is 14. The van der Waals surface area contributed by atoms with Crippen molar-refractivity contribution >= 4 is 97.4 Å². The third kappa shape index (κ3) is 6.40. The first-order chi connectivity index (χ1) is 41.2. The summed E-state index contributed by atoms with van der Waals surface area (Å²) in [7, 11) is 0. The molecule has 0 saturated carbocycles. The second kappa shape index (κ2) is 17.3. The van der Waals surface area contributed by atoms with E-state index in [1.165, 1.54) is 111 Å². The first-order valence-corrected chi connectivity index (χ1v) is 29.6. The van der Waals surface area contributed by atoms with Gasteiger partial charge in [-0.15, -0.1) is 0 Å². The Balaban J connectivity index is 0.911. The first-order valence-electron chi connectivity index (χ1n) is 29.6. The number of nitrogens with zero attached hydrogens (tertiary/aromatic N) is 3. The summed E-state index contributed by atoms with van der Waals surface area (Å²) in [6.45, 7) is 9.35. The van der Waals surface area contributed by atoms with Crippen LogP contribution in [0.25, 0.3) is 44.5 Å². The summed E-state index contributed by atoms with van der Waals surface area (Å²) in [5.41, 5.74) is 32.8. The van der Waals surface area contributed by atoms with E-state index in [0.29, 0.717) is 0 Å². The maximum Gasteiger partial charge on any atom is 0.256 e. The van der Waals surface area contributed by atoms with Crippen LogP contribution in [0.5, 0.6) is 11.5 Å². The zero-order valence-electron chi connectivity index (χ0n) is 47.2. The van der Waals surface area contributed by atoms with Gasteiger partial charge in [-0.05, 0) is 172 Å². The van der Waals surface area contributed by atoms with Gasteiger partial charge in [-0.1, -0.05) is 210 Å². The summed E-state index contributed by atoms with van der Waals surface area (Å²) >= 11 is 0. The molecule has 4 heterocycles. The molecular weight excluding hydrogens is 1020 g/mol. The molecule has 6 heteroatoms. The molecular formula is C78H55B2N3O. The number of hydrogen-bond donors (Lipinski definition) is 0. The van der Waals surface area contributed by atoms with Crippen molar-refractivity contribution in [3.8, 4) is 56.0 Å². The van der Waals surface area contributed by atoms with Crippen LogP contribution in [0.3, 0.4) is 0 Å². The molecule has 12 aromatic rings. The minimum Gasteiger partial charge on any atom is -0.458 e. The summed E-state index contributed by atoms with van der Waals surface area (Å²) in [6.07, 6.45) is 0. The van der Waals surface area contributed by atoms with Gasteiger partial charge in [0.15, 0.2) is 0 Å². The van der Waals surface area contributed by atoms with E-state index in [2.05, 4.69) is 303 Å². The molecule has 0 N–H and O–H groups in total. The molecule has 0 aromatic heterocycles. The van der Waals surface area contributed by atoms with Gasteiger partial charge in [0, 0.05) is 68.1 Å². The average molecular weight is 1070 g/mol. The fourth-order valence-corrected chi connectivity index (χ4v) is 16.2. The van der Waals surface area contributed by atoms with Crippen molar-refractivity contribution < 1.29 is 4.74 Å². The lowest BCUT2D eigenvalue weighted by molar-refractivity contribution is 0.488. The molecule has 84 heavy (non-hydrogen) atoms. The highest BCUT2D eigenvalue weighted by Crippen LogP contribution is 2.56. The quantitative estimate of drug-likeness (QED) is 0.160. The van der Waals surface area contributed by atoms with Crippen LogP contribution in [0.1, 0.15) is 49.9 Å². The lowest BCUT2D eigenvalue weighted by Gasteiger charge is -2.45. The van der Waals surface area contributed by atoms with Gasteiger partial charge in [0.2, 0.25) is 0 Å². The Morgan fingerprint density at radius 1 is 0.286 bits per heavy atom. The van der Waals surface area contributed by atoms with E-state index < -0.39 is 0 Å². The standard InChI is InChI=1S/C78H55B2N3O/c1-77(2)59-36-16-14-30-55(59)57-34-22-32-53(73(57)77)48-42-68-75-69(43-48)83(52-28-12-7-13-29-52)67-47-71-64(46-63(67)79(75)61-38-18-20-40-65(61)81(68)50-24-8-5-9-25-50)80-62-39-19-21-41-66(62)82(51-26-10-6-11-27-51)70-44-49(45-72(84-71)76(70)80)54-33-23-35-58-56-31-15-17-37-60(56)78(3,4)74(54)58/h5-47H,1-4H3. The van der Waals surface area contributed by atoms with Gasteiger partial charge in [0.1, 0.15) is 11.5 Å². The molecule has 4 nitrogen and oxygen atoms in total. The number of benzene rings is 12. The number of hydrogen-bond acceptors (Lipinski definition) is 4. The third-order valence-corrected chi connectivity index (χ3v) is 19.6. The van der Waals surface area contributed by atoms with Gasteiger partial charge < -0.3 is 19.4 Å². The predicted octanol–water partition coefficient (Wildman–Crippen LogP) is 16.1. The van der Waals surface area contributed by atoms with Crippen LogP contribution in [0.4, 0.5) is 51.2 Å². The largest absolute Gasteiger partial charge is 0.458 e. The Morgan fingerprint density at radius 2 is 0.679 bits per heavy atom. The zero-order valence-corrected chi connectivity index (χ0v) is 47.2. The van der Waals surface area contributed by atoms with Crippen molar-refractivity contribution in [2.24, 2.45) is 0 Å². The van der Waals surface area contributed by atoms with Crippen LogP contribution in [-0.4, -0.2) is 13.4 Å². The van der Waals surface area contributed by atoms with Crippen molar-refractivity contribution in [2.45, 2.75) is 38.5 Å². The molecule has 0 fully saturated rings. The van der Waals surface area contributed by atoms with Crippen molar-refractivity contribution in [3.63, 3.8) is 0 Å². The molecule has 0 unspecified atom stereocenters. The third-order valence-electron chi connectivity index (χ3n) is 19.6. The van der Waals surface area contributed by atoms with Crippen LogP contribution in [0.2, 0.25) is 0 Å². The van der Waals surface area contributed by atoms with Gasteiger partial charge in [0.25, 0.3) is 13.4 Å². The Morgan fingerprint density at radius 3 is 1.19 bits per heavy atom. The summed E-state index contributed by atoms with van der Waals surface area (Å²) in [4.78, 5) is 7.57. The first kappa shape index (κ1) is 47.6. The van der Waals surface area contributed by atoms with E-state index in [0.717, 1.165) is 51.2 Å². The summed E-state index contributed by atoms with van der Waals surface area (Å²) in [5.74, 6) is 1.76. The normalized spacial score (nSPS) is 15.1. The summed E-state index contributed by atoms with van der Waals surface area (Å²) in [6, 6.07) is 97.8. The molecule has 0 radical (unpaired) electrons. The number of anilines is 9. The highest BCUT2D eigenvalue weighted by Gasteiger charge is 2.49. The molecule has 0 bridgehead atoms. The lowest BCUT2D eigenvalue weighted by Crippen LogP contribution is -2.64. The topological polar surface area (TPSA) is 19.0 Å². The smallest absolute Gasteiger partial charge is 0.256 e. The van der Waals surface area contributed by atoms with E-state index in [9.17, 15) is 0 Å². The predicted molar refractivity (Wildman–Crippen MR) is 352 cm³/mol. The molecule has 0 spiro atoms. The molecule has 394 valence electrons. The van der Waals surface area contributed by atoms with E-state index in [1.807, 2.05) is 0 Å². The van der Waals surface area contributed by atoms with E-state index in [1.54, 1.807) is 0 Å². The van der Waals surface area contributed by atoms with Gasteiger partial charge in [0.05, 0.1) is 0 Å². The Bertz CT molecular complexity index is 4800. The summed E-state index contributed by atoms with van der Waals surface area (Å²) < 4.78 is 7.74. The maximum atomic E-state index is 7.74. The molecule has 0 saturated heterocycles. The molecule has 18 rings (SSSR count). The van der Waals surface area contributed by atoms with E-state index >= 15 is 0 Å². The average Bonchev–Trinajstić information content (AvgIpc) is 1.02. The van der Waals surface area contributed by atoms with Crippen LogP contribution in [-0.2, 0) is 10.8 Å². The monoisotopic (exact) mass is 1070 g/mol. The fourth-order valence-electron chi connectivity index (χ4n) is 16.2. The highest BCUT2D eigenvalue weighted by atomic mass is 16.5. The van der Waals surface area contributed by atoms with E-state index in [-0.39, 0.29) is 24.3 Å². The fraction of sp³-hybridized carbons (Fsp3) is 0.0769. The molecule has 0 atom stereocenters. The van der Waals surface area contributed by atoms with Crippen molar-refractivity contribution in [2.75, 3.05) is 14.7 Å². The SMILES string of the molecule is CC1(C)c2ccccc2-c2cccc(-c3cc4c5c(c3)N(c3ccccc3)c3ccccc3B5c3cc5c(cc3O4)N(c3ccccc3)c3cc(-c4cccc6c4C(C)(C)c4ccccc4-6)cc4c3B5c3ccccc3N4c3ccccc3)c21. The van der Waals surface area contributed by atoms with Crippen molar-refractivity contribution in [1.82, 2.24) is 0 Å². The Hall–Kier alpha value is -10.0. The maximum absolute atomic E-state index is 7.74. The van der Waals surface area contributed by atoms with Gasteiger partial charge >= 0.3 is 0 Å². The Kier molecular flexibility index (Phi) is 9.78. The van der Waals surface area contributed by atoms with Crippen LogP contribution in [0.15, 0.2) is 261 Å². The molecule has 2 aliphatic carbocycles. The minimum atomic E-state index is -0.223.